The molecular weight excluding hydrogens is 322 g/mol. The maximum absolute atomic E-state index is 6.03. The Morgan fingerprint density at radius 3 is 2.94 bits per heavy atom. The smallest absolute Gasteiger partial charge is 0.107 e. The molecule has 17 heavy (non-hydrogen) atoms. The summed E-state index contributed by atoms with van der Waals surface area (Å²) in [4.78, 5) is 1.28. The standard InChI is InChI=1S/C12H15BrClNOS/c13-9-5-8(17-12(9)14)6-15-10-3-4-16-11(10)7-1-2-7/h5,7,10-11,15H,1-4,6H2. The Hall–Kier alpha value is 0.390. The van der Waals surface area contributed by atoms with E-state index in [4.69, 9.17) is 16.3 Å². The first kappa shape index (κ1) is 12.4. The maximum atomic E-state index is 6.03. The van der Waals surface area contributed by atoms with Crippen LogP contribution >= 0.6 is 38.9 Å². The van der Waals surface area contributed by atoms with Gasteiger partial charge < -0.3 is 10.1 Å². The van der Waals surface area contributed by atoms with Crippen LogP contribution in [0.25, 0.3) is 0 Å². The van der Waals surface area contributed by atoms with Crippen LogP contribution in [-0.2, 0) is 11.3 Å². The number of halogens is 2. The lowest BCUT2D eigenvalue weighted by atomic mass is 10.1. The van der Waals surface area contributed by atoms with Crippen molar-refractivity contribution < 1.29 is 4.74 Å². The fourth-order valence-electron chi connectivity index (χ4n) is 2.43. The first-order valence-corrected chi connectivity index (χ1v) is 8.01. The molecule has 2 aliphatic rings. The zero-order valence-electron chi connectivity index (χ0n) is 9.42. The fraction of sp³-hybridized carbons (Fsp3) is 0.667. The Balaban J connectivity index is 1.56. The Bertz CT molecular complexity index is 388. The van der Waals surface area contributed by atoms with E-state index < -0.39 is 0 Å². The second-order valence-electron chi connectivity index (χ2n) is 4.78. The predicted molar refractivity (Wildman–Crippen MR) is 74.7 cm³/mol. The van der Waals surface area contributed by atoms with E-state index in [1.165, 1.54) is 17.7 Å². The average Bonchev–Trinajstić information content (AvgIpc) is 2.96. The number of rotatable bonds is 4. The SMILES string of the molecule is Clc1sc(CNC2CCOC2C2CC2)cc1Br. The number of hydrogen-bond donors (Lipinski definition) is 1. The molecule has 94 valence electrons. The van der Waals surface area contributed by atoms with Gasteiger partial charge in [0.15, 0.2) is 0 Å². The van der Waals surface area contributed by atoms with Crippen LogP contribution in [-0.4, -0.2) is 18.8 Å². The molecule has 2 heterocycles. The summed E-state index contributed by atoms with van der Waals surface area (Å²) in [5.41, 5.74) is 0. The summed E-state index contributed by atoms with van der Waals surface area (Å²) in [5, 5.41) is 3.62. The van der Waals surface area contributed by atoms with Crippen molar-refractivity contribution in [3.8, 4) is 0 Å². The summed E-state index contributed by atoms with van der Waals surface area (Å²) in [6.45, 7) is 1.81. The molecule has 3 rings (SSSR count). The van der Waals surface area contributed by atoms with Gasteiger partial charge in [-0.15, -0.1) is 11.3 Å². The van der Waals surface area contributed by atoms with Gasteiger partial charge in [-0.05, 0) is 47.2 Å². The number of thiophene rings is 1. The Kier molecular flexibility index (Phi) is 3.78. The molecule has 0 amide bonds. The maximum Gasteiger partial charge on any atom is 0.107 e. The van der Waals surface area contributed by atoms with E-state index in [9.17, 15) is 0 Å². The number of nitrogens with one attached hydrogen (secondary N) is 1. The van der Waals surface area contributed by atoms with E-state index >= 15 is 0 Å². The topological polar surface area (TPSA) is 21.3 Å². The minimum atomic E-state index is 0.453. The van der Waals surface area contributed by atoms with Crippen molar-refractivity contribution in [1.82, 2.24) is 5.32 Å². The number of hydrogen-bond acceptors (Lipinski definition) is 3. The van der Waals surface area contributed by atoms with Gasteiger partial charge in [0.05, 0.1) is 6.10 Å². The third-order valence-corrected chi connectivity index (χ3v) is 5.93. The molecular formula is C12H15BrClNOS. The van der Waals surface area contributed by atoms with Crippen LogP contribution in [0.4, 0.5) is 0 Å². The van der Waals surface area contributed by atoms with E-state index in [-0.39, 0.29) is 0 Å². The van der Waals surface area contributed by atoms with Gasteiger partial charge >= 0.3 is 0 Å². The first-order valence-electron chi connectivity index (χ1n) is 6.03. The van der Waals surface area contributed by atoms with Crippen LogP contribution in [0.3, 0.4) is 0 Å². The number of ether oxygens (including phenoxy) is 1. The summed E-state index contributed by atoms with van der Waals surface area (Å²) >= 11 is 11.1. The molecule has 0 bridgehead atoms. The van der Waals surface area contributed by atoms with Gasteiger partial charge in [-0.1, -0.05) is 11.6 Å². The van der Waals surface area contributed by atoms with Gasteiger partial charge in [0.2, 0.25) is 0 Å². The van der Waals surface area contributed by atoms with Gasteiger partial charge in [0, 0.05) is 28.5 Å². The molecule has 1 aliphatic heterocycles. The van der Waals surface area contributed by atoms with Crippen molar-refractivity contribution in [2.24, 2.45) is 5.92 Å². The summed E-state index contributed by atoms with van der Waals surface area (Å²) in [6, 6.07) is 2.63. The van der Waals surface area contributed by atoms with Gasteiger partial charge in [-0.25, -0.2) is 0 Å². The monoisotopic (exact) mass is 335 g/mol. The van der Waals surface area contributed by atoms with Crippen molar-refractivity contribution in [1.29, 1.82) is 0 Å². The lowest BCUT2D eigenvalue weighted by Crippen LogP contribution is -2.36. The Labute approximate surface area is 119 Å². The minimum absolute atomic E-state index is 0.453. The molecule has 1 saturated carbocycles. The summed E-state index contributed by atoms with van der Waals surface area (Å²) in [7, 11) is 0. The average molecular weight is 337 g/mol. The van der Waals surface area contributed by atoms with Crippen molar-refractivity contribution in [3.05, 3.63) is 19.8 Å². The summed E-state index contributed by atoms with van der Waals surface area (Å²) < 4.78 is 7.65. The third kappa shape index (κ3) is 2.87. The quantitative estimate of drug-likeness (QED) is 0.902. The van der Waals surface area contributed by atoms with E-state index in [0.717, 1.165) is 34.3 Å². The third-order valence-electron chi connectivity index (χ3n) is 3.46. The van der Waals surface area contributed by atoms with E-state index in [1.807, 2.05) is 0 Å². The Morgan fingerprint density at radius 1 is 1.47 bits per heavy atom. The van der Waals surface area contributed by atoms with Gasteiger partial charge in [-0.2, -0.15) is 0 Å². The highest BCUT2D eigenvalue weighted by atomic mass is 79.9. The molecule has 1 saturated heterocycles. The van der Waals surface area contributed by atoms with Crippen LogP contribution in [0, 0.1) is 5.92 Å². The molecule has 0 radical (unpaired) electrons. The van der Waals surface area contributed by atoms with Crippen LogP contribution < -0.4 is 5.32 Å². The summed E-state index contributed by atoms with van der Waals surface area (Å²) in [6.07, 6.45) is 4.29. The van der Waals surface area contributed by atoms with Crippen LogP contribution in [0.1, 0.15) is 24.1 Å². The molecule has 1 aromatic rings. The van der Waals surface area contributed by atoms with Crippen molar-refractivity contribution >= 4 is 38.9 Å². The molecule has 2 atom stereocenters. The first-order chi connectivity index (χ1) is 8.24. The normalized spacial score (nSPS) is 28.8. The molecule has 5 heteroatoms. The predicted octanol–water partition coefficient (Wildman–Crippen LogP) is 3.82. The lowest BCUT2D eigenvalue weighted by molar-refractivity contribution is 0.0809. The Morgan fingerprint density at radius 2 is 2.29 bits per heavy atom. The van der Waals surface area contributed by atoms with Crippen molar-refractivity contribution in [3.63, 3.8) is 0 Å². The fourth-order valence-corrected chi connectivity index (χ4v) is 4.17. The minimum Gasteiger partial charge on any atom is -0.376 e. The van der Waals surface area contributed by atoms with E-state index in [0.29, 0.717) is 12.1 Å². The molecule has 2 fully saturated rings. The molecule has 0 spiro atoms. The second kappa shape index (κ2) is 5.17. The largest absolute Gasteiger partial charge is 0.376 e. The summed E-state index contributed by atoms with van der Waals surface area (Å²) in [5.74, 6) is 0.814. The van der Waals surface area contributed by atoms with Gasteiger partial charge in [0.1, 0.15) is 4.34 Å². The molecule has 1 aliphatic carbocycles. The second-order valence-corrected chi connectivity index (χ2v) is 7.38. The van der Waals surface area contributed by atoms with E-state index in [1.54, 1.807) is 11.3 Å². The van der Waals surface area contributed by atoms with Crippen molar-refractivity contribution in [2.45, 2.75) is 38.0 Å². The molecule has 2 unspecified atom stereocenters. The highest BCUT2D eigenvalue weighted by Crippen LogP contribution is 2.39. The van der Waals surface area contributed by atoms with Crippen LogP contribution in [0.15, 0.2) is 10.5 Å². The highest BCUT2D eigenvalue weighted by molar-refractivity contribution is 9.10. The molecule has 2 nitrogen and oxygen atoms in total. The zero-order chi connectivity index (χ0) is 11.8. The van der Waals surface area contributed by atoms with Crippen molar-refractivity contribution in [2.75, 3.05) is 6.61 Å². The molecule has 0 aromatic carbocycles. The van der Waals surface area contributed by atoms with Gasteiger partial charge in [0.25, 0.3) is 0 Å². The van der Waals surface area contributed by atoms with Crippen LogP contribution in [0.2, 0.25) is 4.34 Å². The van der Waals surface area contributed by atoms with Crippen LogP contribution in [0.5, 0.6) is 0 Å². The molecule has 1 N–H and O–H groups in total. The van der Waals surface area contributed by atoms with E-state index in [2.05, 4.69) is 27.3 Å². The molecule has 1 aromatic heterocycles. The highest BCUT2D eigenvalue weighted by Gasteiger charge is 2.40. The van der Waals surface area contributed by atoms with Gasteiger partial charge in [-0.3, -0.25) is 0 Å². The lowest BCUT2D eigenvalue weighted by Gasteiger charge is -2.18. The zero-order valence-corrected chi connectivity index (χ0v) is 12.6.